The molecule has 2 aromatic carbocycles. The topological polar surface area (TPSA) is 80.9 Å². The number of phenolic OH excluding ortho intramolecular Hbond substituents is 1. The van der Waals surface area contributed by atoms with Crippen LogP contribution in [0.25, 0.3) is 17.0 Å². The van der Waals surface area contributed by atoms with Crippen LogP contribution in [0.2, 0.25) is 0 Å². The van der Waals surface area contributed by atoms with E-state index < -0.39 is 0 Å². The third kappa shape index (κ3) is 3.42. The van der Waals surface area contributed by atoms with Crippen molar-refractivity contribution in [3.63, 3.8) is 0 Å². The fourth-order valence-electron chi connectivity index (χ4n) is 3.33. The summed E-state index contributed by atoms with van der Waals surface area (Å²) in [6.07, 6.45) is 0. The van der Waals surface area contributed by atoms with Crippen LogP contribution in [0.5, 0.6) is 17.2 Å². The molecule has 0 atom stereocenters. The largest absolute Gasteiger partial charge is 0.504 e. The summed E-state index contributed by atoms with van der Waals surface area (Å²) in [5.41, 5.74) is 4.30. The third-order valence-corrected chi connectivity index (χ3v) is 4.71. The van der Waals surface area contributed by atoms with Gasteiger partial charge in [-0.15, -0.1) is 0 Å². The second-order valence-electron chi connectivity index (χ2n) is 6.72. The average molecular weight is 390 g/mol. The highest BCUT2D eigenvalue weighted by Gasteiger charge is 2.18. The van der Waals surface area contributed by atoms with Gasteiger partial charge in [0.2, 0.25) is 5.78 Å². The Kier molecular flexibility index (Phi) is 4.72. The zero-order valence-electron chi connectivity index (χ0n) is 16.7. The fraction of sp³-hybridized carbons (Fsp3) is 0.182. The first-order chi connectivity index (χ1) is 14.0. The van der Waals surface area contributed by atoms with Crippen LogP contribution >= 0.6 is 0 Å². The molecule has 0 aliphatic heterocycles. The maximum atomic E-state index is 9.97. The van der Waals surface area contributed by atoms with Gasteiger partial charge < -0.3 is 19.9 Å². The van der Waals surface area contributed by atoms with Gasteiger partial charge >= 0.3 is 0 Å². The first kappa shape index (κ1) is 18.6. The van der Waals surface area contributed by atoms with E-state index in [4.69, 9.17) is 14.5 Å². The van der Waals surface area contributed by atoms with Crippen molar-refractivity contribution in [1.29, 1.82) is 0 Å². The minimum Gasteiger partial charge on any atom is -0.504 e. The normalized spacial score (nSPS) is 10.9. The molecule has 2 aromatic heterocycles. The van der Waals surface area contributed by atoms with Crippen molar-refractivity contribution in [2.45, 2.75) is 13.8 Å². The van der Waals surface area contributed by atoms with Gasteiger partial charge in [-0.05, 0) is 62.4 Å². The first-order valence-electron chi connectivity index (χ1n) is 9.15. The Labute approximate surface area is 168 Å². The molecular weight excluding hydrogens is 368 g/mol. The molecule has 0 saturated carbocycles. The summed E-state index contributed by atoms with van der Waals surface area (Å²) in [7, 11) is 3.16. The van der Waals surface area contributed by atoms with E-state index in [1.807, 2.05) is 48.6 Å². The van der Waals surface area contributed by atoms with Crippen LogP contribution in [0.15, 0.2) is 48.5 Å². The quantitative estimate of drug-likeness (QED) is 0.523. The molecule has 148 valence electrons. The van der Waals surface area contributed by atoms with Gasteiger partial charge in [-0.3, -0.25) is 4.40 Å². The SMILES string of the molecule is COc1ccc(Nc2c(-c3ccc(O)c(OC)c3)nc3nc(C)cc(C)n23)cc1. The van der Waals surface area contributed by atoms with Crippen molar-refractivity contribution in [2.24, 2.45) is 0 Å². The predicted octanol–water partition coefficient (Wildman–Crippen LogP) is 4.48. The predicted molar refractivity (Wildman–Crippen MR) is 112 cm³/mol. The Hall–Kier alpha value is -3.74. The van der Waals surface area contributed by atoms with Crippen LogP contribution in [0, 0.1) is 13.8 Å². The van der Waals surface area contributed by atoms with Gasteiger partial charge in [0.25, 0.3) is 0 Å². The van der Waals surface area contributed by atoms with Gasteiger partial charge in [-0.25, -0.2) is 9.97 Å². The molecule has 0 aliphatic rings. The number of aromatic nitrogens is 3. The summed E-state index contributed by atoms with van der Waals surface area (Å²) in [6, 6.07) is 14.8. The van der Waals surface area contributed by atoms with Crippen LogP contribution in [-0.2, 0) is 0 Å². The number of benzene rings is 2. The van der Waals surface area contributed by atoms with Gasteiger partial charge in [0.15, 0.2) is 11.5 Å². The molecule has 4 rings (SSSR count). The number of hydrogen-bond donors (Lipinski definition) is 2. The highest BCUT2D eigenvalue weighted by atomic mass is 16.5. The summed E-state index contributed by atoms with van der Waals surface area (Å²) < 4.78 is 12.5. The Balaban J connectivity index is 1.91. The number of methoxy groups -OCH3 is 2. The standard InChI is InChI=1S/C22H22N4O3/c1-13-11-14(2)26-21(24-16-6-8-17(28-3)9-7-16)20(25-22(26)23-13)15-5-10-18(27)19(12-15)29-4/h5-12,24,27H,1-4H3. The molecule has 2 N–H and O–H groups in total. The zero-order valence-corrected chi connectivity index (χ0v) is 16.7. The van der Waals surface area contributed by atoms with E-state index in [-0.39, 0.29) is 5.75 Å². The summed E-state index contributed by atoms with van der Waals surface area (Å²) in [6.45, 7) is 3.96. The Bertz CT molecular complexity index is 1180. The van der Waals surface area contributed by atoms with E-state index in [2.05, 4.69) is 10.3 Å². The number of nitrogens with zero attached hydrogens (tertiary/aromatic N) is 3. The molecule has 0 bridgehead atoms. The number of ether oxygens (including phenoxy) is 2. The van der Waals surface area contributed by atoms with E-state index in [9.17, 15) is 5.11 Å². The van der Waals surface area contributed by atoms with Crippen LogP contribution in [0.1, 0.15) is 11.4 Å². The van der Waals surface area contributed by atoms with Crippen molar-refractivity contribution in [3.8, 4) is 28.5 Å². The molecule has 0 spiro atoms. The zero-order chi connectivity index (χ0) is 20.5. The van der Waals surface area contributed by atoms with Crippen molar-refractivity contribution in [2.75, 3.05) is 19.5 Å². The third-order valence-electron chi connectivity index (χ3n) is 4.71. The maximum Gasteiger partial charge on any atom is 0.236 e. The number of nitrogens with one attached hydrogen (secondary N) is 1. The van der Waals surface area contributed by atoms with Crippen molar-refractivity contribution in [3.05, 3.63) is 59.9 Å². The number of aromatic hydroxyl groups is 1. The van der Waals surface area contributed by atoms with Gasteiger partial charge in [-0.2, -0.15) is 0 Å². The van der Waals surface area contributed by atoms with E-state index in [1.54, 1.807) is 25.3 Å². The Morgan fingerprint density at radius 1 is 0.931 bits per heavy atom. The molecule has 4 aromatic rings. The summed E-state index contributed by atoms with van der Waals surface area (Å²) in [5, 5.41) is 13.4. The molecule has 0 amide bonds. The monoisotopic (exact) mass is 390 g/mol. The minimum absolute atomic E-state index is 0.0785. The molecule has 0 aliphatic carbocycles. The van der Waals surface area contributed by atoms with Crippen molar-refractivity contribution in [1.82, 2.24) is 14.4 Å². The highest BCUT2D eigenvalue weighted by molar-refractivity contribution is 5.80. The highest BCUT2D eigenvalue weighted by Crippen LogP contribution is 2.36. The molecule has 2 heterocycles. The maximum absolute atomic E-state index is 9.97. The smallest absolute Gasteiger partial charge is 0.236 e. The molecule has 0 unspecified atom stereocenters. The van der Waals surface area contributed by atoms with E-state index in [1.165, 1.54) is 7.11 Å². The fourth-order valence-corrected chi connectivity index (χ4v) is 3.33. The number of aryl methyl sites for hydroxylation is 2. The Morgan fingerprint density at radius 2 is 1.69 bits per heavy atom. The lowest BCUT2D eigenvalue weighted by molar-refractivity contribution is 0.373. The van der Waals surface area contributed by atoms with Crippen molar-refractivity contribution < 1.29 is 14.6 Å². The molecule has 7 heteroatoms. The molecule has 0 fully saturated rings. The number of fused-ring (bicyclic) bond motifs is 1. The number of rotatable bonds is 5. The van der Waals surface area contributed by atoms with Crippen LogP contribution in [0.3, 0.4) is 0 Å². The molecule has 29 heavy (non-hydrogen) atoms. The number of imidazole rings is 1. The first-order valence-corrected chi connectivity index (χ1v) is 9.15. The number of hydrogen-bond acceptors (Lipinski definition) is 6. The van der Waals surface area contributed by atoms with Gasteiger partial charge in [0, 0.05) is 22.6 Å². The second-order valence-corrected chi connectivity index (χ2v) is 6.72. The Morgan fingerprint density at radius 3 is 2.38 bits per heavy atom. The van der Waals surface area contributed by atoms with Crippen LogP contribution in [0.4, 0.5) is 11.5 Å². The molecular formula is C22H22N4O3. The van der Waals surface area contributed by atoms with Gasteiger partial charge in [0.1, 0.15) is 17.3 Å². The number of phenols is 1. The van der Waals surface area contributed by atoms with Gasteiger partial charge in [0.05, 0.1) is 14.2 Å². The van der Waals surface area contributed by atoms with E-state index >= 15 is 0 Å². The lowest BCUT2D eigenvalue weighted by atomic mass is 10.1. The van der Waals surface area contributed by atoms with E-state index in [0.717, 1.165) is 34.2 Å². The minimum atomic E-state index is 0.0785. The summed E-state index contributed by atoms with van der Waals surface area (Å²) >= 11 is 0. The lowest BCUT2D eigenvalue weighted by Crippen LogP contribution is -2.01. The second kappa shape index (κ2) is 7.35. The van der Waals surface area contributed by atoms with Crippen LogP contribution < -0.4 is 14.8 Å². The number of anilines is 2. The lowest BCUT2D eigenvalue weighted by Gasteiger charge is -2.12. The average Bonchev–Trinajstić information content (AvgIpc) is 3.07. The van der Waals surface area contributed by atoms with E-state index in [0.29, 0.717) is 17.2 Å². The summed E-state index contributed by atoms with van der Waals surface area (Å²) in [4.78, 5) is 9.35. The van der Waals surface area contributed by atoms with Crippen molar-refractivity contribution >= 4 is 17.3 Å². The molecule has 0 radical (unpaired) electrons. The van der Waals surface area contributed by atoms with Crippen LogP contribution in [-0.4, -0.2) is 33.7 Å². The van der Waals surface area contributed by atoms with Gasteiger partial charge in [-0.1, -0.05) is 0 Å². The molecule has 0 saturated heterocycles. The molecule has 7 nitrogen and oxygen atoms in total. The summed E-state index contributed by atoms with van der Waals surface area (Å²) in [5.74, 6) is 2.62.